The van der Waals surface area contributed by atoms with Gasteiger partial charge in [-0.25, -0.2) is 15.0 Å². The van der Waals surface area contributed by atoms with E-state index >= 15 is 0 Å². The first-order chi connectivity index (χ1) is 15.6. The Morgan fingerprint density at radius 2 is 2.00 bits per heavy atom. The third-order valence-electron chi connectivity index (χ3n) is 6.11. The van der Waals surface area contributed by atoms with Gasteiger partial charge in [-0.2, -0.15) is 0 Å². The number of hydrogen-bond donors (Lipinski definition) is 1. The lowest BCUT2D eigenvalue weighted by molar-refractivity contribution is 0.341. The summed E-state index contributed by atoms with van der Waals surface area (Å²) >= 11 is 14.9. The first-order valence-corrected chi connectivity index (χ1v) is 12.6. The number of imidazole rings is 1. The van der Waals surface area contributed by atoms with Crippen molar-refractivity contribution in [1.82, 2.24) is 24.8 Å². The van der Waals surface area contributed by atoms with Crippen LogP contribution >= 0.6 is 34.5 Å². The van der Waals surface area contributed by atoms with Crippen LogP contribution in [-0.4, -0.2) is 32.6 Å². The summed E-state index contributed by atoms with van der Waals surface area (Å²) in [5, 5.41) is 6.84. The van der Waals surface area contributed by atoms with Gasteiger partial charge in [-0.05, 0) is 74.3 Å². The summed E-state index contributed by atoms with van der Waals surface area (Å²) in [5.41, 5.74) is 3.72. The monoisotopic (exact) mass is 485 g/mol. The maximum absolute atomic E-state index is 6.57. The lowest BCUT2D eigenvalue weighted by atomic mass is 9.99. The maximum atomic E-state index is 6.57. The predicted octanol–water partition coefficient (Wildman–Crippen LogP) is 5.95. The quantitative estimate of drug-likeness (QED) is 0.366. The summed E-state index contributed by atoms with van der Waals surface area (Å²) in [5.74, 6) is 2.11. The molecule has 0 saturated carbocycles. The number of aryl methyl sites for hydroxylation is 3. The summed E-state index contributed by atoms with van der Waals surface area (Å²) in [4.78, 5) is 15.9. The van der Waals surface area contributed by atoms with Gasteiger partial charge in [0.15, 0.2) is 5.65 Å². The highest BCUT2D eigenvalue weighted by Gasteiger charge is 2.23. The van der Waals surface area contributed by atoms with Crippen LogP contribution in [0.1, 0.15) is 29.1 Å². The van der Waals surface area contributed by atoms with E-state index in [9.17, 15) is 0 Å². The van der Waals surface area contributed by atoms with Crippen LogP contribution in [0.15, 0.2) is 35.8 Å². The molecule has 1 N–H and O–H groups in total. The maximum Gasteiger partial charge on any atom is 0.164 e. The second-order valence-electron chi connectivity index (χ2n) is 8.38. The summed E-state index contributed by atoms with van der Waals surface area (Å²) in [6, 6.07) is 7.73. The van der Waals surface area contributed by atoms with Gasteiger partial charge >= 0.3 is 0 Å². The van der Waals surface area contributed by atoms with E-state index < -0.39 is 0 Å². The molecule has 0 spiro atoms. The lowest BCUT2D eigenvalue weighted by Gasteiger charge is -2.24. The van der Waals surface area contributed by atoms with Crippen molar-refractivity contribution in [1.29, 1.82) is 0 Å². The number of rotatable bonds is 6. The van der Waals surface area contributed by atoms with E-state index in [1.807, 2.05) is 24.4 Å². The van der Waals surface area contributed by atoms with E-state index in [0.29, 0.717) is 16.0 Å². The number of piperidine rings is 1. The number of benzene rings is 1. The molecular formula is C24H25Cl2N5S. The van der Waals surface area contributed by atoms with E-state index in [-0.39, 0.29) is 0 Å². The van der Waals surface area contributed by atoms with E-state index in [1.165, 1.54) is 23.3 Å². The molecule has 0 amide bonds. The molecule has 1 aliphatic heterocycles. The average molecular weight is 486 g/mol. The fourth-order valence-corrected chi connectivity index (χ4v) is 5.85. The zero-order valence-corrected chi connectivity index (χ0v) is 20.3. The number of nitrogens with zero attached hydrogens (tertiary/aromatic N) is 4. The Balaban J connectivity index is 1.56. The molecule has 32 heavy (non-hydrogen) atoms. The molecule has 0 unspecified atom stereocenters. The van der Waals surface area contributed by atoms with Gasteiger partial charge in [0.05, 0.1) is 21.8 Å². The van der Waals surface area contributed by atoms with Gasteiger partial charge in [-0.3, -0.25) is 0 Å². The molecule has 8 heteroatoms. The van der Waals surface area contributed by atoms with Crippen molar-refractivity contribution < 1.29 is 0 Å². The molecule has 1 saturated heterocycles. The van der Waals surface area contributed by atoms with Gasteiger partial charge in [0.1, 0.15) is 17.2 Å². The average Bonchev–Trinajstić information content (AvgIpc) is 3.36. The number of aromatic nitrogens is 4. The van der Waals surface area contributed by atoms with Gasteiger partial charge in [0, 0.05) is 17.8 Å². The lowest BCUT2D eigenvalue weighted by Crippen LogP contribution is -2.32. The van der Waals surface area contributed by atoms with Crippen molar-refractivity contribution in [2.24, 2.45) is 5.92 Å². The first-order valence-electron chi connectivity index (χ1n) is 11.0. The summed E-state index contributed by atoms with van der Waals surface area (Å²) < 4.78 is 2.20. The minimum Gasteiger partial charge on any atom is -0.316 e. The van der Waals surface area contributed by atoms with E-state index in [1.54, 1.807) is 11.3 Å². The number of halogens is 2. The topological polar surface area (TPSA) is 55.6 Å². The Morgan fingerprint density at radius 3 is 2.72 bits per heavy atom. The SMILES string of the molecule is Cc1ccsc1CCc1ncc2nc(-c3c(Cl)cccc3Cl)n(C[C@@H]3CCCNC3)c2n1. The Bertz CT molecular complexity index is 1220. The van der Waals surface area contributed by atoms with Gasteiger partial charge in [0.2, 0.25) is 0 Å². The molecule has 5 rings (SSSR count). The highest BCUT2D eigenvalue weighted by atomic mass is 35.5. The van der Waals surface area contributed by atoms with Crippen LogP contribution in [0.25, 0.3) is 22.6 Å². The van der Waals surface area contributed by atoms with Crippen molar-refractivity contribution in [2.75, 3.05) is 13.1 Å². The second kappa shape index (κ2) is 9.48. The van der Waals surface area contributed by atoms with Crippen molar-refractivity contribution in [3.63, 3.8) is 0 Å². The Morgan fingerprint density at radius 1 is 1.16 bits per heavy atom. The summed E-state index contributed by atoms with van der Waals surface area (Å²) in [7, 11) is 0. The van der Waals surface area contributed by atoms with Crippen LogP contribution < -0.4 is 5.32 Å². The summed E-state index contributed by atoms with van der Waals surface area (Å²) in [6.45, 7) is 5.05. The zero-order chi connectivity index (χ0) is 22.1. The standard InChI is InChI=1S/C24H25Cl2N5S/c1-15-9-11-32-20(15)7-8-21-28-13-19-23(30-21)31(14-16-4-3-10-27-12-16)24(29-19)22-17(25)5-2-6-18(22)26/h2,5-6,9,11,13,16,27H,3-4,7-8,10,12,14H2,1H3/t16-/m1/s1. The van der Waals surface area contributed by atoms with Crippen LogP contribution in [-0.2, 0) is 19.4 Å². The number of fused-ring (bicyclic) bond motifs is 1. The molecule has 1 aromatic carbocycles. The van der Waals surface area contributed by atoms with Crippen LogP contribution in [0.5, 0.6) is 0 Å². The molecule has 0 aliphatic carbocycles. The first kappa shape index (κ1) is 21.8. The third kappa shape index (κ3) is 4.42. The number of thiophene rings is 1. The molecule has 1 atom stereocenters. The van der Waals surface area contributed by atoms with Crippen LogP contribution in [0, 0.1) is 12.8 Å². The van der Waals surface area contributed by atoms with Crippen molar-refractivity contribution in [3.05, 3.63) is 62.2 Å². The molecule has 3 aromatic heterocycles. The Kier molecular flexibility index (Phi) is 6.47. The number of hydrogen-bond acceptors (Lipinski definition) is 5. The van der Waals surface area contributed by atoms with Crippen LogP contribution in [0.3, 0.4) is 0 Å². The Labute approximate surface area is 201 Å². The van der Waals surface area contributed by atoms with Crippen molar-refractivity contribution >= 4 is 45.7 Å². The van der Waals surface area contributed by atoms with Gasteiger partial charge < -0.3 is 9.88 Å². The van der Waals surface area contributed by atoms with Gasteiger partial charge in [-0.1, -0.05) is 29.3 Å². The van der Waals surface area contributed by atoms with E-state index in [0.717, 1.165) is 60.9 Å². The minimum atomic E-state index is 0.508. The normalized spacial score (nSPS) is 16.7. The second-order valence-corrected chi connectivity index (χ2v) is 10.2. The smallest absolute Gasteiger partial charge is 0.164 e. The molecule has 166 valence electrons. The zero-order valence-electron chi connectivity index (χ0n) is 17.9. The minimum absolute atomic E-state index is 0.508. The predicted molar refractivity (Wildman–Crippen MR) is 133 cm³/mol. The number of nitrogens with one attached hydrogen (secondary N) is 1. The largest absolute Gasteiger partial charge is 0.316 e. The van der Waals surface area contributed by atoms with E-state index in [4.69, 9.17) is 33.2 Å². The highest BCUT2D eigenvalue weighted by molar-refractivity contribution is 7.10. The van der Waals surface area contributed by atoms with Gasteiger partial charge in [0.25, 0.3) is 0 Å². The van der Waals surface area contributed by atoms with Crippen LogP contribution in [0.4, 0.5) is 0 Å². The molecule has 1 fully saturated rings. The molecule has 1 aliphatic rings. The summed E-state index contributed by atoms with van der Waals surface area (Å²) in [6.07, 6.45) is 5.94. The fourth-order valence-electron chi connectivity index (χ4n) is 4.37. The molecule has 4 aromatic rings. The molecule has 5 nitrogen and oxygen atoms in total. The Hall–Kier alpha value is -1.99. The molecular weight excluding hydrogens is 461 g/mol. The van der Waals surface area contributed by atoms with E-state index in [2.05, 4.69) is 33.2 Å². The van der Waals surface area contributed by atoms with Gasteiger partial charge in [-0.15, -0.1) is 11.3 Å². The fraction of sp³-hybridized carbons (Fsp3) is 0.375. The van der Waals surface area contributed by atoms with Crippen molar-refractivity contribution in [3.8, 4) is 11.4 Å². The molecule has 4 heterocycles. The highest BCUT2D eigenvalue weighted by Crippen LogP contribution is 2.36. The third-order valence-corrected chi connectivity index (χ3v) is 7.82. The van der Waals surface area contributed by atoms with Crippen molar-refractivity contribution in [2.45, 2.75) is 39.2 Å². The van der Waals surface area contributed by atoms with Crippen LogP contribution in [0.2, 0.25) is 10.0 Å². The molecule has 0 radical (unpaired) electrons. The molecule has 0 bridgehead atoms.